The molecular formula is C22H22N6O3. The molecule has 1 atom stereocenters. The van der Waals surface area contributed by atoms with E-state index in [1.54, 1.807) is 44.4 Å². The molecule has 0 saturated carbocycles. The number of rotatable bonds is 1. The van der Waals surface area contributed by atoms with Crippen LogP contribution in [0.25, 0.3) is 16.9 Å². The van der Waals surface area contributed by atoms with Crippen LogP contribution in [-0.2, 0) is 7.05 Å². The number of fused-ring (bicyclic) bond motifs is 1. The third-order valence-electron chi connectivity index (χ3n) is 3.94. The lowest BCUT2D eigenvalue weighted by Crippen LogP contribution is -2.21. The predicted molar refractivity (Wildman–Crippen MR) is 118 cm³/mol. The summed E-state index contributed by atoms with van der Waals surface area (Å²) in [5.41, 5.74) is 7.48. The third kappa shape index (κ3) is 5.60. The van der Waals surface area contributed by atoms with Gasteiger partial charge in [0.15, 0.2) is 0 Å². The van der Waals surface area contributed by atoms with Crippen LogP contribution in [0.5, 0.6) is 0 Å². The van der Waals surface area contributed by atoms with Gasteiger partial charge in [0.05, 0.1) is 17.2 Å². The fourth-order valence-electron chi connectivity index (χ4n) is 2.60. The van der Waals surface area contributed by atoms with Crippen molar-refractivity contribution in [2.24, 2.45) is 7.05 Å². The van der Waals surface area contributed by atoms with Gasteiger partial charge in [0.2, 0.25) is 5.95 Å². The maximum atomic E-state index is 12.5. The minimum absolute atomic E-state index is 0.0939. The highest BCUT2D eigenvalue weighted by molar-refractivity contribution is 5.79. The molecule has 0 unspecified atom stereocenters. The van der Waals surface area contributed by atoms with Crippen LogP contribution < -0.4 is 11.4 Å². The van der Waals surface area contributed by atoms with Crippen LogP contribution in [0.4, 0.5) is 5.95 Å². The lowest BCUT2D eigenvalue weighted by Gasteiger charge is -2.02. The Bertz CT molecular complexity index is 1290. The smallest absolute Gasteiger partial charge is 0.334 e. The number of nitrogens with zero attached hydrogens (tertiary/aromatic N) is 5. The van der Waals surface area contributed by atoms with E-state index in [1.807, 2.05) is 13.0 Å². The molecule has 0 spiro atoms. The fourth-order valence-corrected chi connectivity index (χ4v) is 2.60. The minimum Gasteiger partial charge on any atom is -0.381 e. The molecule has 9 nitrogen and oxygen atoms in total. The van der Waals surface area contributed by atoms with Gasteiger partial charge < -0.3 is 15.4 Å². The number of nitrogen functional groups attached to an aromatic ring is 1. The number of nitrogens with two attached hydrogens (primary N) is 1. The molecule has 158 valence electrons. The van der Waals surface area contributed by atoms with E-state index in [0.717, 1.165) is 11.3 Å². The highest BCUT2D eigenvalue weighted by Crippen LogP contribution is 2.17. The van der Waals surface area contributed by atoms with Crippen molar-refractivity contribution in [3.05, 3.63) is 64.5 Å². The second-order valence-electron chi connectivity index (χ2n) is 6.22. The number of aliphatic hydroxyl groups is 1. The van der Waals surface area contributed by atoms with Crippen molar-refractivity contribution >= 4 is 17.0 Å². The second-order valence-corrected chi connectivity index (χ2v) is 6.22. The molecule has 0 fully saturated rings. The van der Waals surface area contributed by atoms with E-state index in [4.69, 9.17) is 5.73 Å². The number of hydrogen-bond acceptors (Lipinski definition) is 7. The Balaban J connectivity index is 0.000000363. The molecule has 0 saturated heterocycles. The van der Waals surface area contributed by atoms with Crippen LogP contribution in [0.2, 0.25) is 0 Å². The minimum atomic E-state index is -0.717. The number of aromatic nitrogens is 5. The third-order valence-corrected chi connectivity index (χ3v) is 3.94. The number of imidazole rings is 1. The van der Waals surface area contributed by atoms with Crippen molar-refractivity contribution < 1.29 is 9.63 Å². The van der Waals surface area contributed by atoms with Gasteiger partial charge in [0.25, 0.3) is 0 Å². The molecule has 0 aliphatic carbocycles. The van der Waals surface area contributed by atoms with Gasteiger partial charge in [0.1, 0.15) is 17.7 Å². The quantitative estimate of drug-likeness (QED) is 0.450. The predicted octanol–water partition coefficient (Wildman–Crippen LogP) is 1.67. The average molecular weight is 418 g/mol. The Morgan fingerprint density at radius 2 is 1.94 bits per heavy atom. The summed E-state index contributed by atoms with van der Waals surface area (Å²) >= 11 is 0. The van der Waals surface area contributed by atoms with Gasteiger partial charge in [-0.2, -0.15) is 4.98 Å². The van der Waals surface area contributed by atoms with Crippen molar-refractivity contribution in [3.8, 4) is 30.5 Å². The highest BCUT2D eigenvalue weighted by Gasteiger charge is 2.14. The topological polar surface area (TPSA) is 125 Å². The van der Waals surface area contributed by atoms with Gasteiger partial charge in [0, 0.05) is 30.9 Å². The first-order chi connectivity index (χ1) is 14.9. The van der Waals surface area contributed by atoms with Crippen molar-refractivity contribution in [2.75, 3.05) is 5.73 Å². The zero-order chi connectivity index (χ0) is 23.0. The second kappa shape index (κ2) is 10.4. The first-order valence-corrected chi connectivity index (χ1v) is 9.07. The van der Waals surface area contributed by atoms with E-state index in [2.05, 4.69) is 44.3 Å². The zero-order valence-corrected chi connectivity index (χ0v) is 17.4. The Labute approximate surface area is 179 Å². The Morgan fingerprint density at radius 1 is 1.19 bits per heavy atom. The molecule has 9 heteroatoms. The molecule has 0 bridgehead atoms. The van der Waals surface area contributed by atoms with E-state index in [1.165, 1.54) is 15.3 Å². The lowest BCUT2D eigenvalue weighted by atomic mass is 10.2. The van der Waals surface area contributed by atoms with E-state index in [-0.39, 0.29) is 11.6 Å². The first kappa shape index (κ1) is 22.9. The van der Waals surface area contributed by atoms with Crippen molar-refractivity contribution in [1.29, 1.82) is 0 Å². The van der Waals surface area contributed by atoms with Crippen LogP contribution in [0, 0.1) is 31.6 Å². The lowest BCUT2D eigenvalue weighted by molar-refractivity contribution is 0.253. The highest BCUT2D eigenvalue weighted by atomic mass is 16.5. The van der Waals surface area contributed by atoms with Gasteiger partial charge in [-0.1, -0.05) is 17.0 Å². The largest absolute Gasteiger partial charge is 0.381 e. The maximum absolute atomic E-state index is 12.5. The molecule has 0 radical (unpaired) electrons. The van der Waals surface area contributed by atoms with Crippen LogP contribution in [0.3, 0.4) is 0 Å². The summed E-state index contributed by atoms with van der Waals surface area (Å²) in [6.07, 6.45) is 10.4. The summed E-state index contributed by atoms with van der Waals surface area (Å²) in [5.74, 6) is 6.90. The number of anilines is 1. The van der Waals surface area contributed by atoms with Crippen LogP contribution in [0.15, 0.2) is 52.0 Å². The maximum Gasteiger partial charge on any atom is 0.334 e. The molecule has 4 rings (SSSR count). The molecule has 0 aliphatic rings. The van der Waals surface area contributed by atoms with Gasteiger partial charge in [-0.25, -0.2) is 14.3 Å². The van der Waals surface area contributed by atoms with Crippen molar-refractivity contribution in [2.45, 2.75) is 20.0 Å². The number of hydrogen-bond donors (Lipinski definition) is 2. The summed E-state index contributed by atoms with van der Waals surface area (Å²) in [5, 5.41) is 12.7. The number of benzene rings is 1. The molecule has 3 heterocycles. The Morgan fingerprint density at radius 3 is 2.48 bits per heavy atom. The number of aliphatic hydroxyl groups excluding tert-OH is 1. The molecule has 0 amide bonds. The van der Waals surface area contributed by atoms with Gasteiger partial charge in [-0.05, 0) is 32.0 Å². The summed E-state index contributed by atoms with van der Waals surface area (Å²) in [4.78, 5) is 20.5. The van der Waals surface area contributed by atoms with Gasteiger partial charge in [-0.15, -0.1) is 12.8 Å². The normalized spacial score (nSPS) is 10.6. The van der Waals surface area contributed by atoms with Crippen LogP contribution in [0.1, 0.15) is 18.2 Å². The van der Waals surface area contributed by atoms with Crippen LogP contribution >= 0.6 is 0 Å². The Kier molecular flexibility index (Phi) is 7.73. The van der Waals surface area contributed by atoms with Crippen molar-refractivity contribution in [1.82, 2.24) is 24.3 Å². The zero-order valence-electron chi connectivity index (χ0n) is 17.4. The van der Waals surface area contributed by atoms with E-state index < -0.39 is 6.10 Å². The fraction of sp³-hybridized carbons (Fsp3) is 0.182. The summed E-state index contributed by atoms with van der Waals surface area (Å²) in [6.45, 7) is 3.45. The van der Waals surface area contributed by atoms with E-state index in [9.17, 15) is 9.90 Å². The molecule has 1 aromatic carbocycles. The van der Waals surface area contributed by atoms with E-state index >= 15 is 0 Å². The SMILES string of the molecule is C#C.C[C@@H](O)C#Cc1ccc2c(c1)n(-c1ccnc(N)n1)c(=O)n2C.Cc1ccno1. The monoisotopic (exact) mass is 418 g/mol. The molecule has 31 heavy (non-hydrogen) atoms. The molecule has 0 aliphatic heterocycles. The molecule has 4 aromatic rings. The molecule has 3 N–H and O–H groups in total. The number of terminal acetylenes is 1. The van der Waals surface area contributed by atoms with Gasteiger partial charge >= 0.3 is 5.69 Å². The first-order valence-electron chi connectivity index (χ1n) is 9.07. The Hall–Kier alpha value is -4.34. The van der Waals surface area contributed by atoms with Gasteiger partial charge in [-0.3, -0.25) is 4.57 Å². The summed E-state index contributed by atoms with van der Waals surface area (Å²) < 4.78 is 7.57. The van der Waals surface area contributed by atoms with Crippen LogP contribution in [-0.4, -0.2) is 35.5 Å². The standard InChI is InChI=1S/C16H15N5O2.C4H5NO.C2H2/c1-10(22)3-4-11-5-6-12-13(9-11)21(16(23)20(12)2)14-7-8-18-15(17)19-14;1-4-2-3-5-6-4;1-2/h5-10,22H,1-2H3,(H2,17,18,19);2-3H,1H3;1-2H/t10-;;/m1../s1. The average Bonchev–Trinajstić information content (AvgIpc) is 3.33. The van der Waals surface area contributed by atoms with Crippen molar-refractivity contribution in [3.63, 3.8) is 0 Å². The number of aryl methyl sites for hydroxylation is 2. The summed E-state index contributed by atoms with van der Waals surface area (Å²) in [7, 11) is 1.69. The molecule has 3 aromatic heterocycles. The van der Waals surface area contributed by atoms with E-state index in [0.29, 0.717) is 16.9 Å². The summed E-state index contributed by atoms with van der Waals surface area (Å²) in [6, 6.07) is 8.81. The molecular weight excluding hydrogens is 396 g/mol.